The Balaban J connectivity index is 0.00000312. The highest BCUT2D eigenvalue weighted by Crippen LogP contribution is 2.19. The van der Waals surface area contributed by atoms with Gasteiger partial charge in [-0.2, -0.15) is 8.78 Å². The molecule has 0 spiro atoms. The molecular weight excluding hydrogens is 356 g/mol. The molecule has 0 saturated carbocycles. The number of benzene rings is 1. The maximum atomic E-state index is 12.4. The van der Waals surface area contributed by atoms with Crippen molar-refractivity contribution in [1.29, 1.82) is 0 Å². The van der Waals surface area contributed by atoms with Crippen LogP contribution in [-0.2, 0) is 0 Å². The van der Waals surface area contributed by atoms with E-state index in [9.17, 15) is 13.6 Å². The Kier molecular flexibility index (Phi) is 7.25. The van der Waals surface area contributed by atoms with Gasteiger partial charge in [-0.05, 0) is 38.1 Å². The molecule has 0 fully saturated rings. The van der Waals surface area contributed by atoms with Gasteiger partial charge in [-0.25, -0.2) is 4.68 Å². The average molecular weight is 376 g/mol. The van der Waals surface area contributed by atoms with E-state index in [1.807, 2.05) is 6.92 Å². The minimum Gasteiger partial charge on any atom is -0.435 e. The maximum absolute atomic E-state index is 12.4. The van der Waals surface area contributed by atoms with Crippen molar-refractivity contribution in [3.63, 3.8) is 0 Å². The van der Waals surface area contributed by atoms with Gasteiger partial charge in [0.15, 0.2) is 5.69 Å². The summed E-state index contributed by atoms with van der Waals surface area (Å²) in [5.74, 6) is -0.242. The quantitative estimate of drug-likeness (QED) is 0.834. The van der Waals surface area contributed by atoms with Gasteiger partial charge in [0, 0.05) is 19.6 Å². The number of nitrogens with two attached hydrogens (primary N) is 1. The molecule has 7 nitrogen and oxygen atoms in total. The lowest BCUT2D eigenvalue weighted by atomic mass is 10.2. The van der Waals surface area contributed by atoms with Crippen molar-refractivity contribution in [1.82, 2.24) is 19.9 Å². The summed E-state index contributed by atoms with van der Waals surface area (Å²) in [5.41, 5.74) is 6.90. The lowest BCUT2D eigenvalue weighted by molar-refractivity contribution is -0.0498. The number of hydrogen-bond donors (Lipinski definition) is 1. The highest BCUT2D eigenvalue weighted by Gasteiger charge is 2.23. The van der Waals surface area contributed by atoms with E-state index in [2.05, 4.69) is 15.0 Å². The first-order valence-electron chi connectivity index (χ1n) is 7.30. The maximum Gasteiger partial charge on any atom is 0.387 e. The van der Waals surface area contributed by atoms with Gasteiger partial charge in [0.05, 0.1) is 11.4 Å². The number of carbonyl (C=O) groups is 1. The van der Waals surface area contributed by atoms with Crippen molar-refractivity contribution in [2.45, 2.75) is 26.5 Å². The molecule has 0 aliphatic carbocycles. The van der Waals surface area contributed by atoms with Crippen molar-refractivity contribution in [2.75, 3.05) is 13.6 Å². The van der Waals surface area contributed by atoms with E-state index in [-0.39, 0.29) is 35.8 Å². The minimum atomic E-state index is -2.88. The van der Waals surface area contributed by atoms with Gasteiger partial charge in [0.2, 0.25) is 0 Å². The fraction of sp³-hybridized carbons (Fsp3) is 0.400. The van der Waals surface area contributed by atoms with Crippen LogP contribution in [0.1, 0.15) is 23.1 Å². The monoisotopic (exact) mass is 375 g/mol. The molecule has 0 bridgehead atoms. The van der Waals surface area contributed by atoms with Crippen LogP contribution in [0.15, 0.2) is 24.3 Å². The molecule has 2 aromatic rings. The standard InChI is InChI=1S/C15H19F2N5O2.ClH/c1-9(8-18)21(3)14(23)13-10(2)22(20-19-13)11-4-6-12(7-5-11)24-15(16)17;/h4-7,9,15H,8,18H2,1-3H3;1H. The van der Waals surface area contributed by atoms with Crippen molar-refractivity contribution in [3.8, 4) is 11.4 Å². The zero-order valence-corrected chi connectivity index (χ0v) is 14.8. The Labute approximate surface area is 150 Å². The predicted octanol–water partition coefficient (Wildman–Crippen LogP) is 2.02. The van der Waals surface area contributed by atoms with Gasteiger partial charge in [0.1, 0.15) is 5.75 Å². The molecule has 0 aliphatic heterocycles. The molecule has 1 atom stereocenters. The number of ether oxygens (including phenoxy) is 1. The summed E-state index contributed by atoms with van der Waals surface area (Å²) in [6.45, 7) is 0.992. The van der Waals surface area contributed by atoms with Crippen molar-refractivity contribution in [3.05, 3.63) is 35.7 Å². The molecule has 1 aromatic heterocycles. The van der Waals surface area contributed by atoms with Crippen LogP contribution in [0.3, 0.4) is 0 Å². The first-order valence-corrected chi connectivity index (χ1v) is 7.30. The second-order valence-corrected chi connectivity index (χ2v) is 5.31. The normalized spacial score (nSPS) is 11.8. The third-order valence-corrected chi connectivity index (χ3v) is 3.73. The number of amides is 1. The highest BCUT2D eigenvalue weighted by atomic mass is 35.5. The highest BCUT2D eigenvalue weighted by molar-refractivity contribution is 5.93. The van der Waals surface area contributed by atoms with Gasteiger partial charge in [-0.3, -0.25) is 4.79 Å². The number of hydrogen-bond acceptors (Lipinski definition) is 5. The van der Waals surface area contributed by atoms with Crippen molar-refractivity contribution < 1.29 is 18.3 Å². The second-order valence-electron chi connectivity index (χ2n) is 5.31. The van der Waals surface area contributed by atoms with Crippen LogP contribution in [0.4, 0.5) is 8.78 Å². The topological polar surface area (TPSA) is 86.3 Å². The van der Waals surface area contributed by atoms with E-state index in [0.29, 0.717) is 17.9 Å². The van der Waals surface area contributed by atoms with Gasteiger partial charge >= 0.3 is 6.61 Å². The van der Waals surface area contributed by atoms with Crippen LogP contribution >= 0.6 is 12.4 Å². The number of likely N-dealkylation sites (N-methyl/N-ethyl adjacent to an activating group) is 1. The van der Waals surface area contributed by atoms with Crippen LogP contribution in [0.25, 0.3) is 5.69 Å². The first-order chi connectivity index (χ1) is 11.3. The fourth-order valence-corrected chi connectivity index (χ4v) is 2.07. The van der Waals surface area contributed by atoms with E-state index in [4.69, 9.17) is 5.73 Å². The lowest BCUT2D eigenvalue weighted by Gasteiger charge is -2.22. The summed E-state index contributed by atoms with van der Waals surface area (Å²) in [5, 5.41) is 7.89. The third kappa shape index (κ3) is 4.64. The minimum absolute atomic E-state index is 0. The van der Waals surface area contributed by atoms with Crippen molar-refractivity contribution >= 4 is 18.3 Å². The summed E-state index contributed by atoms with van der Waals surface area (Å²) >= 11 is 0. The number of nitrogens with zero attached hydrogens (tertiary/aromatic N) is 4. The number of carbonyl (C=O) groups excluding carboxylic acids is 1. The summed E-state index contributed by atoms with van der Waals surface area (Å²) < 4.78 is 30.1. The van der Waals surface area contributed by atoms with E-state index >= 15 is 0 Å². The summed E-state index contributed by atoms with van der Waals surface area (Å²) in [7, 11) is 1.65. The SMILES string of the molecule is Cc1c(C(=O)N(C)C(C)CN)nnn1-c1ccc(OC(F)F)cc1.Cl. The van der Waals surface area contributed by atoms with Crippen LogP contribution in [-0.4, -0.2) is 52.0 Å². The molecule has 138 valence electrons. The van der Waals surface area contributed by atoms with Gasteiger partial charge in [-0.15, -0.1) is 17.5 Å². The molecule has 1 unspecified atom stereocenters. The number of aromatic nitrogens is 3. The van der Waals surface area contributed by atoms with Gasteiger partial charge < -0.3 is 15.4 Å². The average Bonchev–Trinajstić information content (AvgIpc) is 2.94. The first kappa shape index (κ1) is 20.8. The molecule has 0 saturated heterocycles. The molecule has 0 radical (unpaired) electrons. The number of rotatable bonds is 6. The Morgan fingerprint density at radius 2 is 1.96 bits per heavy atom. The fourth-order valence-electron chi connectivity index (χ4n) is 2.07. The van der Waals surface area contributed by atoms with Crippen LogP contribution in [0.5, 0.6) is 5.75 Å². The Bertz CT molecular complexity index is 708. The van der Waals surface area contributed by atoms with Gasteiger partial charge in [-0.1, -0.05) is 5.21 Å². The third-order valence-electron chi connectivity index (χ3n) is 3.73. The van der Waals surface area contributed by atoms with Crippen LogP contribution in [0.2, 0.25) is 0 Å². The number of halogens is 3. The zero-order valence-electron chi connectivity index (χ0n) is 14.0. The molecule has 1 heterocycles. The predicted molar refractivity (Wildman–Crippen MR) is 90.6 cm³/mol. The van der Waals surface area contributed by atoms with E-state index in [1.54, 1.807) is 26.1 Å². The Hall–Kier alpha value is -2.26. The molecule has 0 aliphatic rings. The van der Waals surface area contributed by atoms with Gasteiger partial charge in [0.25, 0.3) is 5.91 Å². The molecule has 2 N–H and O–H groups in total. The van der Waals surface area contributed by atoms with Crippen LogP contribution < -0.4 is 10.5 Å². The zero-order chi connectivity index (χ0) is 17.9. The molecule has 10 heteroatoms. The largest absolute Gasteiger partial charge is 0.435 e. The van der Waals surface area contributed by atoms with Crippen molar-refractivity contribution in [2.24, 2.45) is 5.73 Å². The molecule has 2 rings (SSSR count). The Morgan fingerprint density at radius 3 is 2.48 bits per heavy atom. The Morgan fingerprint density at radius 1 is 1.36 bits per heavy atom. The molecular formula is C15H20ClF2N5O2. The number of alkyl halides is 2. The van der Waals surface area contributed by atoms with E-state index < -0.39 is 6.61 Å². The summed E-state index contributed by atoms with van der Waals surface area (Å²) in [4.78, 5) is 13.9. The second kappa shape index (κ2) is 8.72. The molecule has 25 heavy (non-hydrogen) atoms. The summed E-state index contributed by atoms with van der Waals surface area (Å²) in [6, 6.07) is 5.77. The molecule has 1 aromatic carbocycles. The van der Waals surface area contributed by atoms with Crippen LogP contribution in [0, 0.1) is 6.92 Å². The van der Waals surface area contributed by atoms with E-state index in [1.165, 1.54) is 21.7 Å². The van der Waals surface area contributed by atoms with E-state index in [0.717, 1.165) is 0 Å². The molecule has 1 amide bonds. The smallest absolute Gasteiger partial charge is 0.387 e. The summed E-state index contributed by atoms with van der Waals surface area (Å²) in [6.07, 6.45) is 0. The lowest BCUT2D eigenvalue weighted by Crippen LogP contribution is -2.40.